The minimum Gasteiger partial charge on any atom is -0.462 e. The van der Waals surface area contributed by atoms with Crippen LogP contribution in [0.3, 0.4) is 0 Å². The predicted octanol–water partition coefficient (Wildman–Crippen LogP) is -0.213. The lowest BCUT2D eigenvalue weighted by molar-refractivity contribution is -0.162. The summed E-state index contributed by atoms with van der Waals surface area (Å²) in [6.45, 7) is 6.97. The highest BCUT2D eigenvalue weighted by Gasteiger charge is 2.52. The normalized spacial score (nSPS) is 14.9. The van der Waals surface area contributed by atoms with Crippen LogP contribution in [0.15, 0.2) is 17.4 Å². The summed E-state index contributed by atoms with van der Waals surface area (Å²) < 4.78 is 13.0. The Morgan fingerprint density at radius 2 is 1.85 bits per heavy atom. The molecule has 0 bridgehead atoms. The first-order valence-electron chi connectivity index (χ1n) is 8.34. The van der Waals surface area contributed by atoms with Crippen molar-refractivity contribution in [2.75, 3.05) is 24.0 Å². The zero-order valence-electron chi connectivity index (χ0n) is 15.4. The van der Waals surface area contributed by atoms with Crippen molar-refractivity contribution in [3.05, 3.63) is 23.8 Å². The van der Waals surface area contributed by atoms with Gasteiger partial charge >= 0.3 is 17.6 Å². The first-order chi connectivity index (χ1) is 12.9. The average molecular weight is 376 g/mol. The molecule has 0 saturated carbocycles. The molecule has 0 aromatic carbocycles. The molecule has 0 radical (unpaired) electrons. The Balaban J connectivity index is 2.22. The van der Waals surface area contributed by atoms with Gasteiger partial charge in [-0.1, -0.05) is 0 Å². The van der Waals surface area contributed by atoms with E-state index in [2.05, 4.69) is 31.0 Å². The fourth-order valence-corrected chi connectivity index (χ4v) is 2.57. The summed E-state index contributed by atoms with van der Waals surface area (Å²) in [6.07, 6.45) is 1.36. The van der Waals surface area contributed by atoms with Crippen LogP contribution in [0.25, 0.3) is 0 Å². The number of nitrogens with zero attached hydrogens (tertiary/aromatic N) is 6. The van der Waals surface area contributed by atoms with Gasteiger partial charge in [0.1, 0.15) is 6.33 Å². The van der Waals surface area contributed by atoms with Gasteiger partial charge in [0.25, 0.3) is 0 Å². The van der Waals surface area contributed by atoms with E-state index in [1.165, 1.54) is 15.7 Å². The Bertz CT molecular complexity index is 882. The molecule has 0 fully saturated rings. The van der Waals surface area contributed by atoms with Gasteiger partial charge in [0.15, 0.2) is 0 Å². The van der Waals surface area contributed by atoms with E-state index in [1.807, 2.05) is 19.9 Å². The number of aryl methyl sites for hydroxylation is 2. The van der Waals surface area contributed by atoms with Gasteiger partial charge in [0.2, 0.25) is 11.9 Å². The van der Waals surface area contributed by atoms with Crippen LogP contribution in [-0.2, 0) is 19.1 Å². The maximum atomic E-state index is 12.8. The maximum Gasteiger partial charge on any atom is 0.367 e. The lowest BCUT2D eigenvalue weighted by atomic mass is 10.1. The van der Waals surface area contributed by atoms with E-state index < -0.39 is 17.6 Å². The third kappa shape index (κ3) is 3.20. The molecule has 0 unspecified atom stereocenters. The number of aromatic nitrogens is 5. The summed E-state index contributed by atoms with van der Waals surface area (Å²) in [5.41, 5.74) is 2.18. The van der Waals surface area contributed by atoms with Crippen molar-refractivity contribution in [1.29, 1.82) is 0 Å². The highest BCUT2D eigenvalue weighted by atomic mass is 16.6. The number of hydrogen-bond acceptors (Lipinski definition) is 10. The molecule has 0 spiro atoms. The average Bonchev–Trinajstić information content (AvgIpc) is 3.14. The SMILES string of the molecule is CCOC(=O)C1(C(=O)OCC)N=C(n2nc(C)cc2C)Nn2cnnc2N1. The summed E-state index contributed by atoms with van der Waals surface area (Å²) in [6, 6.07) is 1.83. The van der Waals surface area contributed by atoms with E-state index in [0.717, 1.165) is 11.4 Å². The zero-order valence-corrected chi connectivity index (χ0v) is 15.4. The summed E-state index contributed by atoms with van der Waals surface area (Å²) in [7, 11) is 0. The topological polar surface area (TPSA) is 138 Å². The van der Waals surface area contributed by atoms with Crippen LogP contribution in [0.2, 0.25) is 0 Å². The van der Waals surface area contributed by atoms with Crippen LogP contribution in [0.5, 0.6) is 0 Å². The summed E-state index contributed by atoms with van der Waals surface area (Å²) in [5.74, 6) is -1.69. The highest BCUT2D eigenvalue weighted by Crippen LogP contribution is 2.22. The monoisotopic (exact) mass is 376 g/mol. The van der Waals surface area contributed by atoms with Gasteiger partial charge in [-0.15, -0.1) is 10.2 Å². The highest BCUT2D eigenvalue weighted by molar-refractivity contribution is 6.10. The quantitative estimate of drug-likeness (QED) is 0.548. The van der Waals surface area contributed by atoms with Gasteiger partial charge in [0.05, 0.1) is 18.9 Å². The van der Waals surface area contributed by atoms with Gasteiger partial charge in [-0.05, 0) is 33.8 Å². The number of carbonyl (C=O) groups excluding carboxylic acids is 2. The lowest BCUT2D eigenvalue weighted by Gasteiger charge is -2.25. The number of hydrogen-bond donors (Lipinski definition) is 2. The van der Waals surface area contributed by atoms with E-state index in [1.54, 1.807) is 13.8 Å². The smallest absolute Gasteiger partial charge is 0.367 e. The molecule has 0 aliphatic carbocycles. The fraction of sp³-hybridized carbons (Fsp3) is 0.467. The van der Waals surface area contributed by atoms with Gasteiger partial charge in [-0.25, -0.2) is 18.9 Å². The molecule has 12 nitrogen and oxygen atoms in total. The molecule has 3 rings (SSSR count). The third-order valence-electron chi connectivity index (χ3n) is 3.69. The van der Waals surface area contributed by atoms with Gasteiger partial charge < -0.3 is 14.8 Å². The second-order valence-electron chi connectivity index (χ2n) is 5.69. The number of nitrogens with one attached hydrogen (secondary N) is 2. The molecule has 2 aromatic rings. The molecule has 3 heterocycles. The van der Waals surface area contributed by atoms with Gasteiger partial charge in [0, 0.05) is 5.69 Å². The van der Waals surface area contributed by atoms with E-state index >= 15 is 0 Å². The number of fused-ring (bicyclic) bond motifs is 1. The number of anilines is 1. The molecule has 2 N–H and O–H groups in total. The Hall–Kier alpha value is -3.44. The minimum absolute atomic E-state index is 0.0482. The Labute approximate surface area is 154 Å². The largest absolute Gasteiger partial charge is 0.462 e. The number of aliphatic imine (C=N–C) groups is 1. The number of rotatable bonds is 4. The molecule has 12 heteroatoms. The van der Waals surface area contributed by atoms with Crippen LogP contribution in [0.4, 0.5) is 5.95 Å². The number of carbonyl (C=O) groups is 2. The van der Waals surface area contributed by atoms with Crippen molar-refractivity contribution in [3.63, 3.8) is 0 Å². The summed E-state index contributed by atoms with van der Waals surface area (Å²) in [4.78, 5) is 29.9. The van der Waals surface area contributed by atoms with Crippen molar-refractivity contribution >= 4 is 23.8 Å². The first kappa shape index (κ1) is 18.4. The molecule has 0 saturated heterocycles. The Morgan fingerprint density at radius 3 is 2.41 bits per heavy atom. The standard InChI is InChI=1S/C15H20N8O4/c1-5-26-11(24)15(12(25)27-6-2)17-13-19-16-8-22(13)21-14(18-15)23-10(4)7-9(3)20-23/h7-8H,5-6H2,1-4H3,(H,17,19)(H,18,21). The third-order valence-corrected chi connectivity index (χ3v) is 3.69. The predicted molar refractivity (Wildman–Crippen MR) is 93.5 cm³/mol. The van der Waals surface area contributed by atoms with Crippen molar-refractivity contribution in [3.8, 4) is 0 Å². The number of esters is 2. The lowest BCUT2D eigenvalue weighted by Crippen LogP contribution is -2.54. The second-order valence-corrected chi connectivity index (χ2v) is 5.69. The van der Waals surface area contributed by atoms with Gasteiger partial charge in [-0.3, -0.25) is 5.43 Å². The van der Waals surface area contributed by atoms with Crippen LogP contribution in [0, 0.1) is 13.8 Å². The van der Waals surface area contributed by atoms with Crippen LogP contribution < -0.4 is 10.7 Å². The van der Waals surface area contributed by atoms with Crippen molar-refractivity contribution < 1.29 is 19.1 Å². The minimum atomic E-state index is -2.21. The molecule has 27 heavy (non-hydrogen) atoms. The Kier molecular flexibility index (Phi) is 4.79. The van der Waals surface area contributed by atoms with Crippen LogP contribution in [0.1, 0.15) is 25.2 Å². The molecule has 0 amide bonds. The number of ether oxygens (including phenoxy) is 2. The van der Waals surface area contributed by atoms with E-state index in [4.69, 9.17) is 9.47 Å². The molecule has 2 aromatic heterocycles. The molecular weight excluding hydrogens is 356 g/mol. The molecular formula is C15H20N8O4. The summed E-state index contributed by atoms with van der Waals surface area (Å²) in [5, 5.41) is 14.7. The van der Waals surface area contributed by atoms with Crippen LogP contribution in [-0.4, -0.2) is 61.4 Å². The van der Waals surface area contributed by atoms with Crippen molar-refractivity contribution in [1.82, 2.24) is 24.7 Å². The van der Waals surface area contributed by atoms with Gasteiger partial charge in [-0.2, -0.15) is 10.1 Å². The molecule has 1 aliphatic rings. The fourth-order valence-electron chi connectivity index (χ4n) is 2.57. The maximum absolute atomic E-state index is 12.8. The van der Waals surface area contributed by atoms with Crippen molar-refractivity contribution in [2.24, 2.45) is 4.99 Å². The van der Waals surface area contributed by atoms with E-state index in [9.17, 15) is 9.59 Å². The van der Waals surface area contributed by atoms with E-state index in [-0.39, 0.29) is 25.1 Å². The Morgan fingerprint density at radius 1 is 1.19 bits per heavy atom. The second kappa shape index (κ2) is 7.05. The first-order valence-corrected chi connectivity index (χ1v) is 8.34. The zero-order chi connectivity index (χ0) is 19.6. The van der Waals surface area contributed by atoms with Crippen molar-refractivity contribution in [2.45, 2.75) is 33.4 Å². The van der Waals surface area contributed by atoms with E-state index in [0.29, 0.717) is 0 Å². The molecule has 1 aliphatic heterocycles. The molecule has 144 valence electrons. The summed E-state index contributed by atoms with van der Waals surface area (Å²) >= 11 is 0. The van der Waals surface area contributed by atoms with Crippen LogP contribution >= 0.6 is 0 Å². The molecule has 0 atom stereocenters.